The summed E-state index contributed by atoms with van der Waals surface area (Å²) in [6, 6.07) is 0. The van der Waals surface area contributed by atoms with Gasteiger partial charge in [-0.2, -0.15) is 26.3 Å². The predicted molar refractivity (Wildman–Crippen MR) is 64.1 cm³/mol. The van der Waals surface area contributed by atoms with E-state index in [4.69, 9.17) is 14.7 Å². The second-order valence-electron chi connectivity index (χ2n) is 2.63. The van der Waals surface area contributed by atoms with Gasteiger partial charge in [0.05, 0.1) is 0 Å². The summed E-state index contributed by atoms with van der Waals surface area (Å²) >= 11 is 4.85. The topological polar surface area (TPSA) is 123 Å². The third-order valence-electron chi connectivity index (χ3n) is 0.864. The molecule has 6 nitrogen and oxygen atoms in total. The minimum atomic E-state index is -5.00. The SMILES string of the molecule is CC(=O)[O-].O.O=C(C(Br)Br)C(F)(F)F.O=CC(=O)C(F)(F)F.[Na+]. The minimum Gasteiger partial charge on any atom is -0.550 e. The van der Waals surface area contributed by atoms with Crippen LogP contribution < -0.4 is 34.7 Å². The second kappa shape index (κ2) is 15.5. The molecule has 0 spiro atoms. The van der Waals surface area contributed by atoms with E-state index in [1.54, 1.807) is 0 Å². The van der Waals surface area contributed by atoms with Crippen LogP contribution in [0.3, 0.4) is 0 Å². The van der Waals surface area contributed by atoms with Gasteiger partial charge in [-0.1, -0.05) is 31.9 Å². The summed E-state index contributed by atoms with van der Waals surface area (Å²) in [5.41, 5.74) is 0. The maximum Gasteiger partial charge on any atom is 1.00 e. The van der Waals surface area contributed by atoms with Gasteiger partial charge in [0.2, 0.25) is 0 Å². The van der Waals surface area contributed by atoms with Crippen LogP contribution in [0.5, 0.6) is 0 Å². The number of hydrogen-bond acceptors (Lipinski definition) is 5. The van der Waals surface area contributed by atoms with E-state index in [9.17, 15) is 35.9 Å². The van der Waals surface area contributed by atoms with Crippen LogP contribution in [0.25, 0.3) is 0 Å². The van der Waals surface area contributed by atoms with E-state index in [0.717, 1.165) is 6.92 Å². The smallest absolute Gasteiger partial charge is 0.550 e. The zero-order valence-corrected chi connectivity index (χ0v) is 16.4. The fourth-order valence-corrected chi connectivity index (χ4v) is 0.710. The fourth-order valence-electron chi connectivity index (χ4n) is 0.191. The van der Waals surface area contributed by atoms with Crippen molar-refractivity contribution < 1.29 is 85.7 Å². The summed E-state index contributed by atoms with van der Waals surface area (Å²) in [4.78, 5) is 37.3. The molecular formula is C8H7Br2F6NaO6. The van der Waals surface area contributed by atoms with Gasteiger partial charge in [-0.05, 0) is 6.92 Å². The Hall–Kier alpha value is -0.0200. The number of ketones is 2. The molecule has 0 radical (unpaired) electrons. The number of alkyl halides is 8. The van der Waals surface area contributed by atoms with Crippen LogP contribution in [-0.4, -0.2) is 45.4 Å². The Labute approximate surface area is 163 Å². The van der Waals surface area contributed by atoms with E-state index in [0.29, 0.717) is 0 Å². The summed E-state index contributed by atoms with van der Waals surface area (Å²) in [5, 5.41) is 8.89. The van der Waals surface area contributed by atoms with Crippen LogP contribution in [0.2, 0.25) is 0 Å². The van der Waals surface area contributed by atoms with Gasteiger partial charge in [-0.25, -0.2) is 0 Å². The molecule has 0 heterocycles. The quantitative estimate of drug-likeness (QED) is 0.138. The first kappa shape index (κ1) is 34.3. The number of aliphatic carboxylic acids is 1. The molecule has 0 aliphatic carbocycles. The van der Waals surface area contributed by atoms with Crippen LogP contribution in [0.4, 0.5) is 26.3 Å². The van der Waals surface area contributed by atoms with E-state index < -0.39 is 39.9 Å². The van der Waals surface area contributed by atoms with Crippen molar-refractivity contribution in [1.82, 2.24) is 0 Å². The Morgan fingerprint density at radius 1 is 1.00 bits per heavy atom. The Kier molecular flexibility index (Phi) is 23.2. The normalized spacial score (nSPS) is 9.65. The Morgan fingerprint density at radius 2 is 1.26 bits per heavy atom. The third-order valence-corrected chi connectivity index (χ3v) is 1.70. The first-order chi connectivity index (χ1) is 9.07. The summed E-state index contributed by atoms with van der Waals surface area (Å²) < 4.78 is 65.1. The van der Waals surface area contributed by atoms with Crippen molar-refractivity contribution in [3.05, 3.63) is 0 Å². The summed E-state index contributed by atoms with van der Waals surface area (Å²) in [5.74, 6) is -5.26. The van der Waals surface area contributed by atoms with Crippen molar-refractivity contribution in [3.8, 4) is 0 Å². The molecule has 0 aliphatic rings. The van der Waals surface area contributed by atoms with Gasteiger partial charge < -0.3 is 15.4 Å². The second-order valence-corrected chi connectivity index (χ2v) is 5.69. The third kappa shape index (κ3) is 27.1. The number of carbonyl (C=O) groups excluding carboxylic acids is 4. The van der Waals surface area contributed by atoms with Gasteiger partial charge >= 0.3 is 41.9 Å². The Morgan fingerprint density at radius 3 is 1.26 bits per heavy atom. The van der Waals surface area contributed by atoms with Gasteiger partial charge in [-0.15, -0.1) is 0 Å². The first-order valence-corrected chi connectivity index (χ1v) is 6.03. The Bertz CT molecular complexity index is 380. The monoisotopic (exact) mass is 494 g/mol. The maximum absolute atomic E-state index is 11.3. The van der Waals surface area contributed by atoms with E-state index in [-0.39, 0.29) is 35.0 Å². The molecule has 0 saturated heterocycles. The van der Waals surface area contributed by atoms with Crippen LogP contribution in [-0.2, 0) is 19.2 Å². The molecule has 0 aromatic carbocycles. The van der Waals surface area contributed by atoms with Gasteiger partial charge in [0.15, 0.2) is 6.29 Å². The molecule has 0 rings (SSSR count). The van der Waals surface area contributed by atoms with Gasteiger partial charge in [0.1, 0.15) is 3.74 Å². The number of carboxylic acids is 1. The van der Waals surface area contributed by atoms with E-state index in [1.165, 1.54) is 0 Å². The molecule has 2 N–H and O–H groups in total. The average Bonchev–Trinajstić information content (AvgIpc) is 2.24. The number of rotatable bonds is 2. The fraction of sp³-hybridized carbons (Fsp3) is 0.500. The standard InChI is InChI=1S/C3HBr2F3O.C3HF3O2.C2H4O2.Na.H2O/c4-2(5)1(9)3(6,7)8;4-3(5,6)2(8)1-7;1-2(3)4;;/h2H;1H;1H3,(H,3,4);;1H2/q;;;+1;/p-1. The molecule has 132 valence electrons. The van der Waals surface area contributed by atoms with E-state index in [2.05, 4.69) is 31.9 Å². The van der Waals surface area contributed by atoms with E-state index >= 15 is 0 Å². The van der Waals surface area contributed by atoms with Crippen LogP contribution >= 0.6 is 31.9 Å². The predicted octanol–water partition coefficient (Wildman–Crippen LogP) is -2.51. The van der Waals surface area contributed by atoms with Crippen molar-refractivity contribution in [2.45, 2.75) is 23.0 Å². The van der Waals surface area contributed by atoms with Gasteiger partial charge in [-0.3, -0.25) is 14.4 Å². The van der Waals surface area contributed by atoms with Gasteiger partial charge in [0.25, 0.3) is 11.6 Å². The zero-order chi connectivity index (χ0) is 18.0. The molecule has 0 saturated carbocycles. The van der Waals surface area contributed by atoms with Crippen LogP contribution in [0.1, 0.15) is 6.92 Å². The number of hydrogen-bond donors (Lipinski definition) is 0. The molecule has 0 unspecified atom stereocenters. The molecule has 0 amide bonds. The maximum atomic E-state index is 11.3. The van der Waals surface area contributed by atoms with Crippen molar-refractivity contribution in [3.63, 3.8) is 0 Å². The molecule has 0 aromatic heterocycles. The summed E-state index contributed by atoms with van der Waals surface area (Å²) in [6.07, 6.45) is -10.5. The molecule has 0 fully saturated rings. The molecule has 0 aliphatic heterocycles. The molecular weight excluding hydrogens is 489 g/mol. The zero-order valence-electron chi connectivity index (χ0n) is 11.2. The van der Waals surface area contributed by atoms with Crippen molar-refractivity contribution in [2.24, 2.45) is 0 Å². The number of aldehydes is 1. The number of Topliss-reactive ketones (excluding diaryl/α,β-unsaturated/α-hetero) is 2. The van der Waals surface area contributed by atoms with Crippen molar-refractivity contribution in [1.29, 1.82) is 0 Å². The summed E-state index contributed by atoms with van der Waals surface area (Å²) in [7, 11) is 0. The largest absolute Gasteiger partial charge is 1.00 e. The van der Waals surface area contributed by atoms with E-state index in [1.807, 2.05) is 0 Å². The first-order valence-electron chi connectivity index (χ1n) is 4.20. The molecule has 0 bridgehead atoms. The van der Waals surface area contributed by atoms with Crippen LogP contribution in [0, 0.1) is 0 Å². The molecule has 15 heteroatoms. The number of carboxylic acid groups (broad SMARTS) is 1. The van der Waals surface area contributed by atoms with Crippen molar-refractivity contribution >= 4 is 55.7 Å². The molecule has 23 heavy (non-hydrogen) atoms. The van der Waals surface area contributed by atoms with Gasteiger partial charge in [0, 0.05) is 5.97 Å². The average molecular weight is 496 g/mol. The number of carbonyl (C=O) groups is 4. The minimum absolute atomic E-state index is 0. The molecule has 0 aromatic rings. The number of halogens is 8. The van der Waals surface area contributed by atoms with Crippen molar-refractivity contribution in [2.75, 3.05) is 0 Å². The molecule has 0 atom stereocenters. The Balaban J connectivity index is -0.0000000718. The van der Waals surface area contributed by atoms with Crippen LogP contribution in [0.15, 0.2) is 0 Å². The summed E-state index contributed by atoms with van der Waals surface area (Å²) in [6.45, 7) is 0.972.